The quantitative estimate of drug-likeness (QED) is 0.622. The topological polar surface area (TPSA) is 80.5 Å². The van der Waals surface area contributed by atoms with Gasteiger partial charge in [-0.3, -0.25) is 0 Å². The van der Waals surface area contributed by atoms with Crippen molar-refractivity contribution >= 4 is 11.8 Å². The number of anilines is 1. The van der Waals surface area contributed by atoms with E-state index in [9.17, 15) is 0 Å². The van der Waals surface area contributed by atoms with Gasteiger partial charge in [-0.05, 0) is 24.5 Å². The van der Waals surface area contributed by atoms with Gasteiger partial charge in [0.25, 0.3) is 0 Å². The first-order valence-electron chi connectivity index (χ1n) is 6.51. The smallest absolute Gasteiger partial charge is 0.186 e. The molecule has 1 fully saturated rings. The molecule has 0 bridgehead atoms. The van der Waals surface area contributed by atoms with Crippen LogP contribution in [0.4, 0.5) is 5.82 Å². The van der Waals surface area contributed by atoms with E-state index in [0.717, 1.165) is 24.5 Å². The van der Waals surface area contributed by atoms with Crippen LogP contribution in [-0.2, 0) is 6.54 Å². The SMILES string of the molecule is NC(N)=NCc1ccc(N2CCCCCC2)nc1. The molecule has 1 aliphatic heterocycles. The third-order valence-electron chi connectivity index (χ3n) is 3.18. The number of rotatable bonds is 3. The molecule has 0 radical (unpaired) electrons. The molecule has 2 rings (SSSR count). The van der Waals surface area contributed by atoms with Gasteiger partial charge in [-0.25, -0.2) is 9.98 Å². The van der Waals surface area contributed by atoms with Crippen LogP contribution >= 0.6 is 0 Å². The highest BCUT2D eigenvalue weighted by Crippen LogP contribution is 2.17. The van der Waals surface area contributed by atoms with Gasteiger partial charge in [0, 0.05) is 19.3 Å². The van der Waals surface area contributed by atoms with Crippen LogP contribution in [0.1, 0.15) is 31.2 Å². The molecular weight excluding hydrogens is 226 g/mol. The van der Waals surface area contributed by atoms with E-state index in [2.05, 4.69) is 20.9 Å². The maximum atomic E-state index is 5.30. The van der Waals surface area contributed by atoms with Gasteiger partial charge in [-0.1, -0.05) is 18.9 Å². The Hall–Kier alpha value is -1.78. The lowest BCUT2D eigenvalue weighted by atomic mass is 10.2. The zero-order valence-electron chi connectivity index (χ0n) is 10.7. The maximum Gasteiger partial charge on any atom is 0.186 e. The summed E-state index contributed by atoms with van der Waals surface area (Å²) in [6.07, 6.45) is 7.04. The minimum absolute atomic E-state index is 0.117. The Balaban J connectivity index is 1.99. The Kier molecular flexibility index (Phi) is 4.39. The molecule has 4 N–H and O–H groups in total. The molecule has 2 heterocycles. The van der Waals surface area contributed by atoms with Crippen molar-refractivity contribution in [2.75, 3.05) is 18.0 Å². The van der Waals surface area contributed by atoms with Crippen molar-refractivity contribution in [2.24, 2.45) is 16.5 Å². The van der Waals surface area contributed by atoms with Crippen molar-refractivity contribution < 1.29 is 0 Å². The lowest BCUT2D eigenvalue weighted by molar-refractivity contribution is 0.726. The Morgan fingerprint density at radius 1 is 1.17 bits per heavy atom. The van der Waals surface area contributed by atoms with E-state index in [1.54, 1.807) is 0 Å². The lowest BCUT2D eigenvalue weighted by Gasteiger charge is -2.21. The van der Waals surface area contributed by atoms with E-state index in [-0.39, 0.29) is 5.96 Å². The van der Waals surface area contributed by atoms with E-state index in [4.69, 9.17) is 11.5 Å². The molecule has 0 aliphatic carbocycles. The van der Waals surface area contributed by atoms with Crippen LogP contribution in [0, 0.1) is 0 Å². The van der Waals surface area contributed by atoms with Gasteiger partial charge < -0.3 is 16.4 Å². The van der Waals surface area contributed by atoms with Gasteiger partial charge in [0.05, 0.1) is 6.54 Å². The molecular formula is C13H21N5. The van der Waals surface area contributed by atoms with Crippen LogP contribution in [0.5, 0.6) is 0 Å². The van der Waals surface area contributed by atoms with Crippen molar-refractivity contribution in [1.82, 2.24) is 4.98 Å². The predicted octanol–water partition coefficient (Wildman–Crippen LogP) is 1.24. The average Bonchev–Trinajstić information content (AvgIpc) is 2.66. The number of hydrogen-bond donors (Lipinski definition) is 2. The van der Waals surface area contributed by atoms with Crippen LogP contribution in [-0.4, -0.2) is 24.0 Å². The molecule has 0 saturated carbocycles. The first-order chi connectivity index (χ1) is 8.75. The lowest BCUT2D eigenvalue weighted by Crippen LogP contribution is -2.24. The second-order valence-corrected chi connectivity index (χ2v) is 4.67. The number of aliphatic imine (C=N–C) groups is 1. The van der Waals surface area contributed by atoms with Crippen LogP contribution in [0.3, 0.4) is 0 Å². The normalized spacial score (nSPS) is 16.1. The summed E-state index contributed by atoms with van der Waals surface area (Å²) in [6.45, 7) is 2.72. The first kappa shape index (κ1) is 12.7. The highest BCUT2D eigenvalue weighted by Gasteiger charge is 2.10. The maximum absolute atomic E-state index is 5.30. The van der Waals surface area contributed by atoms with Crippen molar-refractivity contribution in [3.8, 4) is 0 Å². The Morgan fingerprint density at radius 2 is 1.89 bits per heavy atom. The molecule has 18 heavy (non-hydrogen) atoms. The molecule has 1 aromatic heterocycles. The molecule has 0 unspecified atom stereocenters. The fourth-order valence-electron chi connectivity index (χ4n) is 2.18. The van der Waals surface area contributed by atoms with E-state index in [1.165, 1.54) is 25.7 Å². The molecule has 5 heteroatoms. The summed E-state index contributed by atoms with van der Waals surface area (Å²) < 4.78 is 0. The summed E-state index contributed by atoms with van der Waals surface area (Å²) in [4.78, 5) is 10.8. The van der Waals surface area contributed by atoms with E-state index in [0.29, 0.717) is 6.54 Å². The second kappa shape index (κ2) is 6.23. The van der Waals surface area contributed by atoms with Crippen molar-refractivity contribution in [2.45, 2.75) is 32.2 Å². The van der Waals surface area contributed by atoms with Crippen molar-refractivity contribution in [3.05, 3.63) is 23.9 Å². The fourth-order valence-corrected chi connectivity index (χ4v) is 2.18. The predicted molar refractivity (Wildman–Crippen MR) is 74.4 cm³/mol. The summed E-state index contributed by atoms with van der Waals surface area (Å²) in [7, 11) is 0. The fraction of sp³-hybridized carbons (Fsp3) is 0.538. The number of pyridine rings is 1. The van der Waals surface area contributed by atoms with E-state index < -0.39 is 0 Å². The first-order valence-corrected chi connectivity index (χ1v) is 6.51. The van der Waals surface area contributed by atoms with Crippen molar-refractivity contribution in [3.63, 3.8) is 0 Å². The minimum Gasteiger partial charge on any atom is -0.370 e. The molecule has 1 aliphatic rings. The van der Waals surface area contributed by atoms with Crippen LogP contribution < -0.4 is 16.4 Å². The van der Waals surface area contributed by atoms with Gasteiger partial charge >= 0.3 is 0 Å². The molecule has 98 valence electrons. The molecule has 0 amide bonds. The Morgan fingerprint density at radius 3 is 2.44 bits per heavy atom. The van der Waals surface area contributed by atoms with Gasteiger partial charge in [0.15, 0.2) is 5.96 Å². The standard InChI is InChI=1S/C13H21N5/c14-13(15)17-10-11-5-6-12(16-9-11)18-7-3-1-2-4-8-18/h5-6,9H,1-4,7-8,10H2,(H4,14,15,17). The molecule has 0 spiro atoms. The highest BCUT2D eigenvalue weighted by atomic mass is 15.2. The van der Waals surface area contributed by atoms with Gasteiger partial charge in [0.2, 0.25) is 0 Å². The van der Waals surface area contributed by atoms with E-state index in [1.807, 2.05) is 12.3 Å². The Bertz CT molecular complexity index is 386. The summed E-state index contributed by atoms with van der Waals surface area (Å²) in [5.41, 5.74) is 11.6. The molecule has 5 nitrogen and oxygen atoms in total. The molecule has 1 saturated heterocycles. The zero-order chi connectivity index (χ0) is 12.8. The second-order valence-electron chi connectivity index (χ2n) is 4.67. The van der Waals surface area contributed by atoms with Crippen LogP contribution in [0.15, 0.2) is 23.3 Å². The third-order valence-corrected chi connectivity index (χ3v) is 3.18. The van der Waals surface area contributed by atoms with Crippen molar-refractivity contribution in [1.29, 1.82) is 0 Å². The average molecular weight is 247 g/mol. The summed E-state index contributed by atoms with van der Waals surface area (Å²) in [6, 6.07) is 4.10. The zero-order valence-corrected chi connectivity index (χ0v) is 10.7. The van der Waals surface area contributed by atoms with Crippen LogP contribution in [0.25, 0.3) is 0 Å². The highest BCUT2D eigenvalue weighted by molar-refractivity contribution is 5.75. The van der Waals surface area contributed by atoms with Gasteiger partial charge in [-0.15, -0.1) is 0 Å². The number of nitrogens with zero attached hydrogens (tertiary/aromatic N) is 3. The van der Waals surface area contributed by atoms with Gasteiger partial charge in [-0.2, -0.15) is 0 Å². The third kappa shape index (κ3) is 3.61. The minimum atomic E-state index is 0.117. The van der Waals surface area contributed by atoms with Gasteiger partial charge in [0.1, 0.15) is 5.82 Å². The molecule has 0 aromatic carbocycles. The number of aromatic nitrogens is 1. The molecule has 1 aromatic rings. The number of nitrogens with two attached hydrogens (primary N) is 2. The largest absolute Gasteiger partial charge is 0.370 e. The summed E-state index contributed by atoms with van der Waals surface area (Å²) in [5.74, 6) is 1.18. The summed E-state index contributed by atoms with van der Waals surface area (Å²) in [5, 5.41) is 0. The number of guanidine groups is 1. The number of hydrogen-bond acceptors (Lipinski definition) is 3. The van der Waals surface area contributed by atoms with E-state index >= 15 is 0 Å². The summed E-state index contributed by atoms with van der Waals surface area (Å²) >= 11 is 0. The Labute approximate surface area is 108 Å². The molecule has 0 atom stereocenters. The van der Waals surface area contributed by atoms with Crippen LogP contribution in [0.2, 0.25) is 0 Å². The monoisotopic (exact) mass is 247 g/mol.